The molecule has 0 aliphatic heterocycles. The lowest BCUT2D eigenvalue weighted by Gasteiger charge is -2.17. The molecule has 7 heteroatoms. The van der Waals surface area contributed by atoms with Crippen LogP contribution in [0, 0.1) is 0 Å². The summed E-state index contributed by atoms with van der Waals surface area (Å²) in [4.78, 5) is 24.9. The van der Waals surface area contributed by atoms with E-state index in [0.717, 1.165) is 48.4 Å². The van der Waals surface area contributed by atoms with E-state index in [1.807, 2.05) is 5.38 Å². The van der Waals surface area contributed by atoms with Gasteiger partial charge in [-0.05, 0) is 25.7 Å². The van der Waals surface area contributed by atoms with Gasteiger partial charge in [-0.25, -0.2) is 15.0 Å². The van der Waals surface area contributed by atoms with Crippen molar-refractivity contribution in [2.24, 2.45) is 0 Å². The molecule has 1 aliphatic rings. The molecular weight excluding hydrogens is 286 g/mol. The topological polar surface area (TPSA) is 93.8 Å². The molecule has 0 atom stereocenters. The van der Waals surface area contributed by atoms with Crippen molar-refractivity contribution in [2.45, 2.75) is 32.1 Å². The molecule has 0 bridgehead atoms. The fraction of sp³-hybridized carbons (Fsp3) is 0.429. The maximum Gasteiger partial charge on any atom is 0.270 e. The van der Waals surface area contributed by atoms with E-state index in [-0.39, 0.29) is 11.9 Å². The summed E-state index contributed by atoms with van der Waals surface area (Å²) in [6, 6.07) is 0. The smallest absolute Gasteiger partial charge is 0.270 e. The van der Waals surface area contributed by atoms with Gasteiger partial charge in [0.2, 0.25) is 5.95 Å². The number of hydrogen-bond acceptors (Lipinski definition) is 6. The number of hydrogen-bond donors (Lipinski definition) is 2. The number of thiazole rings is 1. The van der Waals surface area contributed by atoms with Gasteiger partial charge in [-0.1, -0.05) is 0 Å². The number of nitrogens with one attached hydrogen (secondary N) is 1. The summed E-state index contributed by atoms with van der Waals surface area (Å²) >= 11 is 1.59. The number of anilines is 1. The van der Waals surface area contributed by atoms with Crippen molar-refractivity contribution < 1.29 is 4.79 Å². The van der Waals surface area contributed by atoms with E-state index in [2.05, 4.69) is 20.3 Å². The molecule has 2 aromatic rings. The SMILES string of the molecule is Nc1nc2c(c(C(=O)NCCc3nccs3)n1)CCCC2. The summed E-state index contributed by atoms with van der Waals surface area (Å²) in [5.41, 5.74) is 8.05. The minimum absolute atomic E-state index is 0.168. The van der Waals surface area contributed by atoms with Crippen LogP contribution in [0.3, 0.4) is 0 Å². The number of carbonyl (C=O) groups excluding carboxylic acids is 1. The molecule has 0 fully saturated rings. The van der Waals surface area contributed by atoms with Crippen LogP contribution in [0.1, 0.15) is 39.6 Å². The first-order chi connectivity index (χ1) is 10.2. The molecular formula is C14H17N5OS. The van der Waals surface area contributed by atoms with Crippen molar-refractivity contribution in [3.05, 3.63) is 33.5 Å². The Morgan fingerprint density at radius 1 is 1.33 bits per heavy atom. The van der Waals surface area contributed by atoms with Gasteiger partial charge in [-0.3, -0.25) is 4.79 Å². The third-order valence-electron chi connectivity index (χ3n) is 3.52. The summed E-state index contributed by atoms with van der Waals surface area (Å²) in [6.07, 6.45) is 6.38. The van der Waals surface area contributed by atoms with Gasteiger partial charge in [0, 0.05) is 35.8 Å². The molecule has 21 heavy (non-hydrogen) atoms. The van der Waals surface area contributed by atoms with Crippen LogP contribution < -0.4 is 11.1 Å². The number of fused-ring (bicyclic) bond motifs is 1. The second-order valence-corrected chi connectivity index (χ2v) is 5.97. The molecule has 0 spiro atoms. The van der Waals surface area contributed by atoms with Gasteiger partial charge in [0.25, 0.3) is 5.91 Å². The number of rotatable bonds is 4. The monoisotopic (exact) mass is 303 g/mol. The Bertz CT molecular complexity index is 641. The fourth-order valence-electron chi connectivity index (χ4n) is 2.54. The van der Waals surface area contributed by atoms with Crippen molar-refractivity contribution in [1.82, 2.24) is 20.3 Å². The zero-order valence-electron chi connectivity index (χ0n) is 11.6. The first kappa shape index (κ1) is 13.9. The minimum Gasteiger partial charge on any atom is -0.368 e. The molecule has 0 unspecified atom stereocenters. The van der Waals surface area contributed by atoms with Gasteiger partial charge in [0.05, 0.1) is 5.01 Å². The largest absolute Gasteiger partial charge is 0.368 e. The number of nitrogens with zero attached hydrogens (tertiary/aromatic N) is 3. The third-order valence-corrected chi connectivity index (χ3v) is 4.36. The standard InChI is InChI=1S/C14H17N5OS/c15-14-18-10-4-2-1-3-9(10)12(19-14)13(20)17-6-5-11-16-7-8-21-11/h7-8H,1-6H2,(H,17,20)(H2,15,18,19). The van der Waals surface area contributed by atoms with E-state index >= 15 is 0 Å². The van der Waals surface area contributed by atoms with Crippen LogP contribution in [0.25, 0.3) is 0 Å². The highest BCUT2D eigenvalue weighted by atomic mass is 32.1. The average molecular weight is 303 g/mol. The summed E-state index contributed by atoms with van der Waals surface area (Å²) in [6.45, 7) is 0.547. The van der Waals surface area contributed by atoms with Gasteiger partial charge in [-0.2, -0.15) is 0 Å². The first-order valence-corrected chi connectivity index (χ1v) is 7.94. The Morgan fingerprint density at radius 3 is 3.00 bits per heavy atom. The second kappa shape index (κ2) is 6.17. The van der Waals surface area contributed by atoms with Crippen LogP contribution in [0.5, 0.6) is 0 Å². The average Bonchev–Trinajstić information content (AvgIpc) is 2.99. The van der Waals surface area contributed by atoms with E-state index in [0.29, 0.717) is 12.2 Å². The molecule has 2 aromatic heterocycles. The number of aromatic nitrogens is 3. The lowest BCUT2D eigenvalue weighted by atomic mass is 9.94. The Labute approximate surface area is 126 Å². The Hall–Kier alpha value is -2.02. The third kappa shape index (κ3) is 3.18. The molecule has 3 rings (SSSR count). The second-order valence-electron chi connectivity index (χ2n) is 4.99. The summed E-state index contributed by atoms with van der Waals surface area (Å²) in [5.74, 6) is 0.0135. The highest BCUT2D eigenvalue weighted by Gasteiger charge is 2.21. The molecule has 0 radical (unpaired) electrons. The molecule has 3 N–H and O–H groups in total. The predicted octanol–water partition coefficient (Wildman–Crippen LogP) is 1.37. The molecule has 0 aromatic carbocycles. The number of nitrogens with two attached hydrogens (primary N) is 1. The summed E-state index contributed by atoms with van der Waals surface area (Å²) in [5, 5.41) is 5.84. The predicted molar refractivity (Wildman–Crippen MR) is 81.2 cm³/mol. The molecule has 110 valence electrons. The summed E-state index contributed by atoms with van der Waals surface area (Å²) < 4.78 is 0. The molecule has 1 aliphatic carbocycles. The first-order valence-electron chi connectivity index (χ1n) is 7.06. The highest BCUT2D eigenvalue weighted by Crippen LogP contribution is 2.22. The van der Waals surface area contributed by atoms with Crippen LogP contribution in [-0.2, 0) is 19.3 Å². The van der Waals surface area contributed by atoms with E-state index in [4.69, 9.17) is 5.73 Å². The van der Waals surface area contributed by atoms with Crippen molar-refractivity contribution in [3.63, 3.8) is 0 Å². The Morgan fingerprint density at radius 2 is 2.19 bits per heavy atom. The Balaban J connectivity index is 1.70. The van der Waals surface area contributed by atoms with Crippen LogP contribution >= 0.6 is 11.3 Å². The quantitative estimate of drug-likeness (QED) is 0.889. The van der Waals surface area contributed by atoms with E-state index in [9.17, 15) is 4.79 Å². The molecule has 1 amide bonds. The number of carbonyl (C=O) groups is 1. The van der Waals surface area contributed by atoms with E-state index < -0.39 is 0 Å². The van der Waals surface area contributed by atoms with E-state index in [1.54, 1.807) is 17.5 Å². The van der Waals surface area contributed by atoms with E-state index in [1.165, 1.54) is 0 Å². The zero-order chi connectivity index (χ0) is 14.7. The Kier molecular flexibility index (Phi) is 4.10. The molecule has 2 heterocycles. The van der Waals surface area contributed by atoms with Gasteiger partial charge in [0.1, 0.15) is 5.69 Å². The van der Waals surface area contributed by atoms with Crippen molar-refractivity contribution in [1.29, 1.82) is 0 Å². The van der Waals surface area contributed by atoms with Gasteiger partial charge >= 0.3 is 0 Å². The normalized spacial score (nSPS) is 13.7. The van der Waals surface area contributed by atoms with Crippen LogP contribution in [0.15, 0.2) is 11.6 Å². The maximum atomic E-state index is 12.3. The van der Waals surface area contributed by atoms with Crippen LogP contribution in [0.2, 0.25) is 0 Å². The van der Waals surface area contributed by atoms with Crippen molar-refractivity contribution >= 4 is 23.2 Å². The number of aryl methyl sites for hydroxylation is 1. The van der Waals surface area contributed by atoms with Crippen LogP contribution in [-0.4, -0.2) is 27.4 Å². The van der Waals surface area contributed by atoms with Gasteiger partial charge < -0.3 is 11.1 Å². The highest BCUT2D eigenvalue weighted by molar-refractivity contribution is 7.09. The molecule has 6 nitrogen and oxygen atoms in total. The molecule has 0 saturated carbocycles. The zero-order valence-corrected chi connectivity index (χ0v) is 12.4. The fourth-order valence-corrected chi connectivity index (χ4v) is 3.16. The van der Waals surface area contributed by atoms with Crippen molar-refractivity contribution in [2.75, 3.05) is 12.3 Å². The van der Waals surface area contributed by atoms with Crippen LogP contribution in [0.4, 0.5) is 5.95 Å². The number of amides is 1. The number of nitrogen functional groups attached to an aromatic ring is 1. The molecule has 0 saturated heterocycles. The lowest BCUT2D eigenvalue weighted by molar-refractivity contribution is 0.0947. The summed E-state index contributed by atoms with van der Waals surface area (Å²) in [7, 11) is 0. The van der Waals surface area contributed by atoms with Gasteiger partial charge in [0.15, 0.2) is 0 Å². The van der Waals surface area contributed by atoms with Crippen molar-refractivity contribution in [3.8, 4) is 0 Å². The maximum absolute atomic E-state index is 12.3. The minimum atomic E-state index is -0.168. The lowest BCUT2D eigenvalue weighted by Crippen LogP contribution is -2.29. The van der Waals surface area contributed by atoms with Gasteiger partial charge in [-0.15, -0.1) is 11.3 Å².